The SMILES string of the molecule is Cc1ccc(F)c(-c2ccc(C)o2)c1. The zero-order valence-corrected chi connectivity index (χ0v) is 8.17. The van der Waals surface area contributed by atoms with Crippen LogP contribution >= 0.6 is 0 Å². The van der Waals surface area contributed by atoms with Crippen molar-refractivity contribution in [3.63, 3.8) is 0 Å². The molecule has 1 aromatic heterocycles. The van der Waals surface area contributed by atoms with Crippen LogP contribution in [0.3, 0.4) is 0 Å². The summed E-state index contributed by atoms with van der Waals surface area (Å²) in [5.41, 5.74) is 1.55. The van der Waals surface area contributed by atoms with Gasteiger partial charge in [-0.15, -0.1) is 0 Å². The molecular formula is C12H11FO. The molecule has 1 aromatic carbocycles. The molecule has 0 aliphatic carbocycles. The molecule has 1 heterocycles. The molecule has 0 bridgehead atoms. The molecule has 0 saturated carbocycles. The molecule has 0 atom stereocenters. The lowest BCUT2D eigenvalue weighted by Crippen LogP contribution is -1.83. The number of hydrogen-bond donors (Lipinski definition) is 0. The van der Waals surface area contributed by atoms with Crippen LogP contribution in [-0.4, -0.2) is 0 Å². The summed E-state index contributed by atoms with van der Waals surface area (Å²) in [6, 6.07) is 8.61. The summed E-state index contributed by atoms with van der Waals surface area (Å²) in [5, 5.41) is 0. The van der Waals surface area contributed by atoms with Crippen molar-refractivity contribution >= 4 is 0 Å². The van der Waals surface area contributed by atoms with E-state index in [1.54, 1.807) is 18.2 Å². The highest BCUT2D eigenvalue weighted by Crippen LogP contribution is 2.25. The molecule has 0 aliphatic rings. The van der Waals surface area contributed by atoms with Crippen molar-refractivity contribution in [1.29, 1.82) is 0 Å². The maximum atomic E-state index is 13.4. The van der Waals surface area contributed by atoms with Crippen molar-refractivity contribution in [3.05, 3.63) is 47.5 Å². The Morgan fingerprint density at radius 1 is 1.07 bits per heavy atom. The van der Waals surface area contributed by atoms with Gasteiger partial charge in [-0.2, -0.15) is 0 Å². The predicted molar refractivity (Wildman–Crippen MR) is 53.6 cm³/mol. The van der Waals surface area contributed by atoms with E-state index < -0.39 is 0 Å². The Labute approximate surface area is 82.2 Å². The average Bonchev–Trinajstić information content (AvgIpc) is 2.56. The van der Waals surface area contributed by atoms with Gasteiger partial charge in [-0.25, -0.2) is 4.39 Å². The summed E-state index contributed by atoms with van der Waals surface area (Å²) in [6.45, 7) is 3.77. The minimum Gasteiger partial charge on any atom is -0.461 e. The Morgan fingerprint density at radius 2 is 1.86 bits per heavy atom. The van der Waals surface area contributed by atoms with Crippen LogP contribution in [0.2, 0.25) is 0 Å². The zero-order chi connectivity index (χ0) is 10.1. The Balaban J connectivity index is 2.55. The van der Waals surface area contributed by atoms with Crippen LogP contribution in [0, 0.1) is 19.7 Å². The van der Waals surface area contributed by atoms with E-state index in [1.165, 1.54) is 6.07 Å². The molecule has 2 heteroatoms. The van der Waals surface area contributed by atoms with Crippen molar-refractivity contribution < 1.29 is 8.81 Å². The van der Waals surface area contributed by atoms with E-state index in [0.29, 0.717) is 11.3 Å². The van der Waals surface area contributed by atoms with Crippen molar-refractivity contribution in [2.45, 2.75) is 13.8 Å². The standard InChI is InChI=1S/C12H11FO/c1-8-3-5-11(13)10(7-8)12-6-4-9(2)14-12/h3-7H,1-2H3. The maximum absolute atomic E-state index is 13.4. The topological polar surface area (TPSA) is 13.1 Å². The summed E-state index contributed by atoms with van der Waals surface area (Å²) >= 11 is 0. The van der Waals surface area contributed by atoms with E-state index in [1.807, 2.05) is 19.9 Å². The second kappa shape index (κ2) is 3.29. The molecule has 0 fully saturated rings. The van der Waals surface area contributed by atoms with Gasteiger partial charge in [-0.3, -0.25) is 0 Å². The smallest absolute Gasteiger partial charge is 0.137 e. The average molecular weight is 190 g/mol. The van der Waals surface area contributed by atoms with Crippen LogP contribution in [-0.2, 0) is 0 Å². The molecule has 0 amide bonds. The molecule has 0 spiro atoms. The van der Waals surface area contributed by atoms with Crippen LogP contribution in [0.5, 0.6) is 0 Å². The zero-order valence-electron chi connectivity index (χ0n) is 8.17. The number of halogens is 1. The summed E-state index contributed by atoms with van der Waals surface area (Å²) in [6.07, 6.45) is 0. The number of furan rings is 1. The second-order valence-electron chi connectivity index (χ2n) is 3.39. The van der Waals surface area contributed by atoms with Crippen molar-refractivity contribution in [3.8, 4) is 11.3 Å². The largest absolute Gasteiger partial charge is 0.461 e. The fourth-order valence-electron chi connectivity index (χ4n) is 1.41. The lowest BCUT2D eigenvalue weighted by Gasteiger charge is -2.00. The Bertz CT molecular complexity index is 457. The van der Waals surface area contributed by atoms with Gasteiger partial charge in [0.2, 0.25) is 0 Å². The first-order valence-corrected chi connectivity index (χ1v) is 4.50. The first-order chi connectivity index (χ1) is 6.66. The lowest BCUT2D eigenvalue weighted by atomic mass is 10.1. The highest BCUT2D eigenvalue weighted by Gasteiger charge is 2.08. The number of aryl methyl sites for hydroxylation is 2. The van der Waals surface area contributed by atoms with Gasteiger partial charge in [0.25, 0.3) is 0 Å². The fraction of sp³-hybridized carbons (Fsp3) is 0.167. The molecule has 14 heavy (non-hydrogen) atoms. The normalized spacial score (nSPS) is 10.5. The van der Waals surface area contributed by atoms with Crippen molar-refractivity contribution in [1.82, 2.24) is 0 Å². The van der Waals surface area contributed by atoms with E-state index in [2.05, 4.69) is 0 Å². The Morgan fingerprint density at radius 3 is 2.50 bits per heavy atom. The van der Waals surface area contributed by atoms with Gasteiger partial charge in [-0.1, -0.05) is 11.6 Å². The van der Waals surface area contributed by atoms with E-state index in [0.717, 1.165) is 11.3 Å². The monoisotopic (exact) mass is 190 g/mol. The lowest BCUT2D eigenvalue weighted by molar-refractivity contribution is 0.540. The molecule has 0 aliphatic heterocycles. The van der Waals surface area contributed by atoms with Gasteiger partial charge in [0.1, 0.15) is 17.3 Å². The number of hydrogen-bond acceptors (Lipinski definition) is 1. The molecule has 0 radical (unpaired) electrons. The highest BCUT2D eigenvalue weighted by molar-refractivity contribution is 5.59. The third-order valence-corrected chi connectivity index (χ3v) is 2.13. The van der Waals surface area contributed by atoms with Gasteiger partial charge in [0, 0.05) is 0 Å². The number of benzene rings is 1. The summed E-state index contributed by atoms with van der Waals surface area (Å²) in [4.78, 5) is 0. The van der Waals surface area contributed by atoms with Crippen LogP contribution in [0.1, 0.15) is 11.3 Å². The molecule has 0 N–H and O–H groups in total. The van der Waals surface area contributed by atoms with E-state index in [4.69, 9.17) is 4.42 Å². The van der Waals surface area contributed by atoms with E-state index in [-0.39, 0.29) is 5.82 Å². The molecule has 1 nitrogen and oxygen atoms in total. The van der Waals surface area contributed by atoms with Crippen molar-refractivity contribution in [2.24, 2.45) is 0 Å². The summed E-state index contributed by atoms with van der Waals surface area (Å²) < 4.78 is 18.8. The molecular weight excluding hydrogens is 179 g/mol. The van der Waals surface area contributed by atoms with Crippen molar-refractivity contribution in [2.75, 3.05) is 0 Å². The molecule has 0 unspecified atom stereocenters. The van der Waals surface area contributed by atoms with Crippen LogP contribution in [0.4, 0.5) is 4.39 Å². The molecule has 2 aromatic rings. The highest BCUT2D eigenvalue weighted by atomic mass is 19.1. The third-order valence-electron chi connectivity index (χ3n) is 2.13. The first kappa shape index (κ1) is 9.00. The van der Waals surface area contributed by atoms with Crippen LogP contribution < -0.4 is 0 Å². The predicted octanol–water partition coefficient (Wildman–Crippen LogP) is 3.70. The van der Waals surface area contributed by atoms with E-state index in [9.17, 15) is 4.39 Å². The fourth-order valence-corrected chi connectivity index (χ4v) is 1.41. The summed E-state index contributed by atoms with van der Waals surface area (Å²) in [5.74, 6) is 1.13. The van der Waals surface area contributed by atoms with Gasteiger partial charge in [0.15, 0.2) is 0 Å². The minimum atomic E-state index is -0.245. The second-order valence-corrected chi connectivity index (χ2v) is 3.39. The quantitative estimate of drug-likeness (QED) is 0.668. The molecule has 0 saturated heterocycles. The summed E-state index contributed by atoms with van der Waals surface area (Å²) in [7, 11) is 0. The van der Waals surface area contributed by atoms with Gasteiger partial charge < -0.3 is 4.42 Å². The molecule has 72 valence electrons. The van der Waals surface area contributed by atoms with Gasteiger partial charge in [0.05, 0.1) is 5.56 Å². The van der Waals surface area contributed by atoms with Crippen LogP contribution in [0.15, 0.2) is 34.7 Å². The van der Waals surface area contributed by atoms with Gasteiger partial charge in [-0.05, 0) is 38.1 Å². The Kier molecular flexibility index (Phi) is 2.12. The maximum Gasteiger partial charge on any atom is 0.137 e. The number of rotatable bonds is 1. The Hall–Kier alpha value is -1.57. The first-order valence-electron chi connectivity index (χ1n) is 4.50. The van der Waals surface area contributed by atoms with Gasteiger partial charge >= 0.3 is 0 Å². The third kappa shape index (κ3) is 1.55. The molecule has 2 rings (SSSR count). The van der Waals surface area contributed by atoms with Crippen LogP contribution in [0.25, 0.3) is 11.3 Å². The minimum absolute atomic E-state index is 0.245. The van der Waals surface area contributed by atoms with E-state index >= 15 is 0 Å².